The van der Waals surface area contributed by atoms with Gasteiger partial charge in [-0.3, -0.25) is 0 Å². The molecule has 0 heterocycles. The average Bonchev–Trinajstić information content (AvgIpc) is 2.05. The van der Waals surface area contributed by atoms with Crippen LogP contribution < -0.4 is 5.73 Å². The topological polar surface area (TPSA) is 61.8 Å². The molecule has 0 fully saturated rings. The van der Waals surface area contributed by atoms with Gasteiger partial charge in [0.15, 0.2) is 0 Å². The monoisotopic (exact) mass is 159 g/mol. The third-order valence-corrected chi connectivity index (χ3v) is 1.86. The molecule has 66 valence electrons. The summed E-state index contributed by atoms with van der Waals surface area (Å²) in [4.78, 5) is 1.85. The molecule has 0 aromatic rings. The van der Waals surface area contributed by atoms with Crippen LogP contribution in [0.4, 0.5) is 0 Å². The first-order chi connectivity index (χ1) is 5.17. The van der Waals surface area contributed by atoms with Crippen molar-refractivity contribution in [3.8, 4) is 0 Å². The second-order valence-corrected chi connectivity index (χ2v) is 2.50. The molecule has 0 aliphatic carbocycles. The summed E-state index contributed by atoms with van der Waals surface area (Å²) in [6, 6.07) is 0.330. The number of nitrogens with two attached hydrogens (primary N) is 1. The van der Waals surface area contributed by atoms with Crippen LogP contribution in [0.5, 0.6) is 0 Å². The molecule has 3 N–H and O–H groups in total. The van der Waals surface area contributed by atoms with Crippen LogP contribution in [0, 0.1) is 0 Å². The van der Waals surface area contributed by atoms with Gasteiger partial charge in [0, 0.05) is 12.6 Å². The van der Waals surface area contributed by atoms with Crippen LogP contribution >= 0.6 is 0 Å². The van der Waals surface area contributed by atoms with Crippen LogP contribution in [-0.4, -0.2) is 28.7 Å². The van der Waals surface area contributed by atoms with E-state index in [1.54, 1.807) is 0 Å². The van der Waals surface area contributed by atoms with Crippen molar-refractivity contribution < 1.29 is 5.21 Å². The predicted molar refractivity (Wildman–Crippen MR) is 45.5 cm³/mol. The number of oxime groups is 1. The molecular weight excluding hydrogens is 142 g/mol. The molecule has 0 aromatic heterocycles. The Morgan fingerprint density at radius 2 is 2.18 bits per heavy atom. The van der Waals surface area contributed by atoms with Gasteiger partial charge in [-0.05, 0) is 20.3 Å². The smallest absolute Gasteiger partial charge is 0.233 e. The highest BCUT2D eigenvalue weighted by Crippen LogP contribution is 2.01. The van der Waals surface area contributed by atoms with Crippen LogP contribution in [0.1, 0.15) is 27.2 Å². The Kier molecular flexibility index (Phi) is 4.41. The lowest BCUT2D eigenvalue weighted by Gasteiger charge is -2.26. The highest BCUT2D eigenvalue weighted by molar-refractivity contribution is 5.77. The van der Waals surface area contributed by atoms with Gasteiger partial charge in [-0.15, -0.1) is 0 Å². The van der Waals surface area contributed by atoms with Crippen molar-refractivity contribution in [3.63, 3.8) is 0 Å². The summed E-state index contributed by atoms with van der Waals surface area (Å²) >= 11 is 0. The van der Waals surface area contributed by atoms with Gasteiger partial charge in [0.05, 0.1) is 0 Å². The van der Waals surface area contributed by atoms with E-state index in [9.17, 15) is 0 Å². The number of rotatable bonds is 3. The number of nitrogens with zero attached hydrogens (tertiary/aromatic N) is 2. The lowest BCUT2D eigenvalue weighted by molar-refractivity contribution is 0.278. The van der Waals surface area contributed by atoms with Crippen molar-refractivity contribution in [3.05, 3.63) is 0 Å². The van der Waals surface area contributed by atoms with Crippen LogP contribution in [0.2, 0.25) is 0 Å². The van der Waals surface area contributed by atoms with E-state index in [0.29, 0.717) is 6.04 Å². The Morgan fingerprint density at radius 1 is 1.64 bits per heavy atom. The van der Waals surface area contributed by atoms with Crippen LogP contribution in [0.3, 0.4) is 0 Å². The van der Waals surface area contributed by atoms with Gasteiger partial charge >= 0.3 is 0 Å². The maximum absolute atomic E-state index is 8.40. The van der Waals surface area contributed by atoms with Gasteiger partial charge in [-0.1, -0.05) is 12.1 Å². The Balaban J connectivity index is 4.15. The average molecular weight is 159 g/mol. The minimum atomic E-state index is 0.196. The van der Waals surface area contributed by atoms with Gasteiger partial charge in [-0.2, -0.15) is 0 Å². The van der Waals surface area contributed by atoms with Crippen molar-refractivity contribution in [2.45, 2.75) is 33.2 Å². The summed E-state index contributed by atoms with van der Waals surface area (Å²) in [6.45, 7) is 6.86. The van der Waals surface area contributed by atoms with E-state index in [0.717, 1.165) is 13.0 Å². The van der Waals surface area contributed by atoms with Gasteiger partial charge in [0.2, 0.25) is 5.96 Å². The Bertz CT molecular complexity index is 136. The molecule has 4 heteroatoms. The summed E-state index contributed by atoms with van der Waals surface area (Å²) < 4.78 is 0. The predicted octanol–water partition coefficient (Wildman–Crippen LogP) is 0.811. The van der Waals surface area contributed by atoms with Crippen LogP contribution in [-0.2, 0) is 0 Å². The molecule has 0 saturated heterocycles. The zero-order valence-corrected chi connectivity index (χ0v) is 7.41. The molecule has 0 amide bonds. The summed E-state index contributed by atoms with van der Waals surface area (Å²) in [7, 11) is 0. The molecule has 4 nitrogen and oxygen atoms in total. The largest absolute Gasteiger partial charge is 0.408 e. The third-order valence-electron chi connectivity index (χ3n) is 1.86. The number of hydrogen-bond donors (Lipinski definition) is 2. The van der Waals surface area contributed by atoms with E-state index >= 15 is 0 Å². The van der Waals surface area contributed by atoms with Gasteiger partial charge in [0.25, 0.3) is 0 Å². The molecule has 0 spiro atoms. The summed E-state index contributed by atoms with van der Waals surface area (Å²) in [6.07, 6.45) is 0.990. The first-order valence-corrected chi connectivity index (χ1v) is 3.91. The standard InChI is InChI=1S/C7H17N3O/c1-4-6(3)10(5-2)7(8)9-11/h6,11H,4-5H2,1-3H3,(H2,8,9). The zero-order chi connectivity index (χ0) is 8.85. The molecule has 0 aromatic carbocycles. The lowest BCUT2D eigenvalue weighted by Crippen LogP contribution is -2.42. The summed E-state index contributed by atoms with van der Waals surface area (Å²) in [5.74, 6) is 0.196. The quantitative estimate of drug-likeness (QED) is 0.277. The van der Waals surface area contributed by atoms with Crippen molar-refractivity contribution in [2.24, 2.45) is 10.9 Å². The SMILES string of the molecule is CCC(C)N(CC)C(N)=NO. The molecule has 1 atom stereocenters. The molecule has 0 aliphatic rings. The number of hydrogen-bond acceptors (Lipinski definition) is 2. The molecule has 0 saturated carbocycles. The fraction of sp³-hybridized carbons (Fsp3) is 0.857. The Hall–Kier alpha value is -0.930. The minimum Gasteiger partial charge on any atom is -0.408 e. The minimum absolute atomic E-state index is 0.196. The third kappa shape index (κ3) is 2.65. The zero-order valence-electron chi connectivity index (χ0n) is 7.41. The Labute approximate surface area is 67.7 Å². The summed E-state index contributed by atoms with van der Waals surface area (Å²) in [5.41, 5.74) is 5.43. The van der Waals surface area contributed by atoms with Crippen molar-refractivity contribution >= 4 is 5.96 Å². The van der Waals surface area contributed by atoms with Crippen molar-refractivity contribution in [1.29, 1.82) is 0 Å². The first-order valence-electron chi connectivity index (χ1n) is 3.91. The van der Waals surface area contributed by atoms with Gasteiger partial charge < -0.3 is 15.8 Å². The Morgan fingerprint density at radius 3 is 2.45 bits per heavy atom. The molecule has 0 rings (SSSR count). The van der Waals surface area contributed by atoms with E-state index in [1.165, 1.54) is 0 Å². The molecule has 1 unspecified atom stereocenters. The second-order valence-electron chi connectivity index (χ2n) is 2.50. The van der Waals surface area contributed by atoms with E-state index in [4.69, 9.17) is 10.9 Å². The van der Waals surface area contributed by atoms with Crippen LogP contribution in [0.15, 0.2) is 5.16 Å². The number of guanidine groups is 1. The normalized spacial score (nSPS) is 14.6. The molecule has 11 heavy (non-hydrogen) atoms. The fourth-order valence-electron chi connectivity index (χ4n) is 0.977. The lowest BCUT2D eigenvalue weighted by atomic mass is 10.2. The maximum Gasteiger partial charge on any atom is 0.233 e. The molecule has 0 radical (unpaired) electrons. The van der Waals surface area contributed by atoms with Crippen LogP contribution in [0.25, 0.3) is 0 Å². The van der Waals surface area contributed by atoms with E-state index in [1.807, 2.05) is 18.7 Å². The van der Waals surface area contributed by atoms with E-state index < -0.39 is 0 Å². The van der Waals surface area contributed by atoms with Crippen molar-refractivity contribution in [2.75, 3.05) is 6.54 Å². The second kappa shape index (κ2) is 4.82. The van der Waals surface area contributed by atoms with Gasteiger partial charge in [-0.25, -0.2) is 0 Å². The molecular formula is C7H17N3O. The fourth-order valence-corrected chi connectivity index (χ4v) is 0.977. The van der Waals surface area contributed by atoms with Crippen molar-refractivity contribution in [1.82, 2.24) is 4.90 Å². The van der Waals surface area contributed by atoms with Gasteiger partial charge in [0.1, 0.15) is 0 Å². The maximum atomic E-state index is 8.40. The first kappa shape index (κ1) is 10.1. The highest BCUT2D eigenvalue weighted by atomic mass is 16.4. The molecule has 0 aliphatic heterocycles. The van der Waals surface area contributed by atoms with E-state index in [-0.39, 0.29) is 5.96 Å². The van der Waals surface area contributed by atoms with E-state index in [2.05, 4.69) is 12.1 Å². The summed E-state index contributed by atoms with van der Waals surface area (Å²) in [5, 5.41) is 11.4. The molecule has 0 bridgehead atoms. The highest BCUT2D eigenvalue weighted by Gasteiger charge is 2.11.